The monoisotopic (exact) mass is 302 g/mol. The predicted molar refractivity (Wildman–Crippen MR) is 83.7 cm³/mol. The van der Waals surface area contributed by atoms with E-state index >= 15 is 0 Å². The van der Waals surface area contributed by atoms with Crippen molar-refractivity contribution in [1.29, 1.82) is 0 Å². The molecular formula is C15H30N2O2S. The van der Waals surface area contributed by atoms with E-state index in [4.69, 9.17) is 0 Å². The highest BCUT2D eigenvalue weighted by atomic mass is 32.2. The van der Waals surface area contributed by atoms with Crippen molar-refractivity contribution in [3.63, 3.8) is 0 Å². The van der Waals surface area contributed by atoms with E-state index in [1.54, 1.807) is 0 Å². The molecule has 1 N–H and O–H groups in total. The molecule has 0 aromatic carbocycles. The molecule has 0 bridgehead atoms. The van der Waals surface area contributed by atoms with Crippen LogP contribution in [0.2, 0.25) is 0 Å². The molecule has 20 heavy (non-hydrogen) atoms. The van der Waals surface area contributed by atoms with Gasteiger partial charge in [-0.15, -0.1) is 0 Å². The van der Waals surface area contributed by atoms with Gasteiger partial charge in [0.05, 0.1) is 11.5 Å². The largest absolute Gasteiger partial charge is 0.311 e. The summed E-state index contributed by atoms with van der Waals surface area (Å²) in [7, 11) is -2.75. The van der Waals surface area contributed by atoms with Gasteiger partial charge in [-0.3, -0.25) is 4.90 Å². The topological polar surface area (TPSA) is 49.4 Å². The van der Waals surface area contributed by atoms with Crippen LogP contribution >= 0.6 is 0 Å². The summed E-state index contributed by atoms with van der Waals surface area (Å²) in [5.41, 5.74) is 0.249. The van der Waals surface area contributed by atoms with Crippen LogP contribution in [0.4, 0.5) is 0 Å². The Hall–Kier alpha value is -0.130. The van der Waals surface area contributed by atoms with Crippen LogP contribution in [-0.4, -0.2) is 56.5 Å². The Balaban J connectivity index is 1.99. The summed E-state index contributed by atoms with van der Waals surface area (Å²) in [6.07, 6.45) is 1.98. The quantitative estimate of drug-likeness (QED) is 0.859. The lowest BCUT2D eigenvalue weighted by Crippen LogP contribution is -2.60. The Morgan fingerprint density at radius 2 is 2.00 bits per heavy atom. The Labute approximate surface area is 124 Å². The molecule has 2 aliphatic rings. The molecule has 2 saturated heterocycles. The zero-order valence-electron chi connectivity index (χ0n) is 13.4. The lowest BCUT2D eigenvalue weighted by Gasteiger charge is -2.45. The molecule has 2 rings (SSSR count). The minimum atomic E-state index is -2.75. The van der Waals surface area contributed by atoms with Crippen molar-refractivity contribution in [3.8, 4) is 0 Å². The third-order valence-corrected chi connectivity index (χ3v) is 6.71. The maximum absolute atomic E-state index is 11.6. The summed E-state index contributed by atoms with van der Waals surface area (Å²) >= 11 is 0. The van der Waals surface area contributed by atoms with Crippen molar-refractivity contribution in [2.45, 2.75) is 52.6 Å². The molecule has 3 atom stereocenters. The maximum Gasteiger partial charge on any atom is 0.150 e. The van der Waals surface area contributed by atoms with Crippen molar-refractivity contribution in [1.82, 2.24) is 10.2 Å². The Morgan fingerprint density at radius 1 is 1.30 bits per heavy atom. The molecule has 2 fully saturated rings. The first kappa shape index (κ1) is 16.2. The molecule has 2 aliphatic heterocycles. The van der Waals surface area contributed by atoms with Gasteiger partial charge >= 0.3 is 0 Å². The van der Waals surface area contributed by atoms with Crippen LogP contribution < -0.4 is 5.32 Å². The number of piperazine rings is 1. The van der Waals surface area contributed by atoms with Crippen LogP contribution in [0.15, 0.2) is 0 Å². The summed E-state index contributed by atoms with van der Waals surface area (Å²) in [5, 5.41) is 3.67. The van der Waals surface area contributed by atoms with E-state index in [9.17, 15) is 8.42 Å². The average molecular weight is 302 g/mol. The zero-order valence-corrected chi connectivity index (χ0v) is 14.2. The van der Waals surface area contributed by atoms with Gasteiger partial charge in [0.25, 0.3) is 0 Å². The first-order valence-electron chi connectivity index (χ1n) is 7.89. The minimum Gasteiger partial charge on any atom is -0.311 e. The number of hydrogen-bond acceptors (Lipinski definition) is 4. The molecule has 0 saturated carbocycles. The molecule has 0 aromatic rings. The lowest BCUT2D eigenvalue weighted by atomic mass is 9.84. The van der Waals surface area contributed by atoms with Gasteiger partial charge in [0.1, 0.15) is 0 Å². The predicted octanol–water partition coefficient (Wildman–Crippen LogP) is 1.52. The van der Waals surface area contributed by atoms with Gasteiger partial charge < -0.3 is 5.32 Å². The highest BCUT2D eigenvalue weighted by Crippen LogP contribution is 2.27. The maximum atomic E-state index is 11.6. The molecule has 3 unspecified atom stereocenters. The average Bonchev–Trinajstić information content (AvgIpc) is 2.67. The summed E-state index contributed by atoms with van der Waals surface area (Å²) in [6.45, 7) is 12.1. The smallest absolute Gasteiger partial charge is 0.150 e. The first-order chi connectivity index (χ1) is 9.21. The van der Waals surface area contributed by atoms with Crippen molar-refractivity contribution in [3.05, 3.63) is 0 Å². The second-order valence-electron chi connectivity index (χ2n) is 7.61. The molecular weight excluding hydrogens is 272 g/mol. The van der Waals surface area contributed by atoms with Gasteiger partial charge in [-0.05, 0) is 24.2 Å². The van der Waals surface area contributed by atoms with Gasteiger partial charge in [-0.25, -0.2) is 8.42 Å². The number of nitrogens with zero attached hydrogens (tertiary/aromatic N) is 1. The third-order valence-electron chi connectivity index (χ3n) is 4.87. The summed E-state index contributed by atoms with van der Waals surface area (Å²) in [5.74, 6) is 1.13. The van der Waals surface area contributed by atoms with E-state index in [0.29, 0.717) is 29.5 Å². The molecule has 0 spiro atoms. The van der Waals surface area contributed by atoms with Crippen LogP contribution in [0.1, 0.15) is 40.5 Å². The molecule has 5 heteroatoms. The fourth-order valence-electron chi connectivity index (χ4n) is 3.41. The number of rotatable bonds is 3. The highest BCUT2D eigenvalue weighted by molar-refractivity contribution is 7.91. The van der Waals surface area contributed by atoms with Crippen molar-refractivity contribution >= 4 is 9.84 Å². The van der Waals surface area contributed by atoms with E-state index in [-0.39, 0.29) is 5.41 Å². The standard InChI is InChI=1S/C15H30N2O2S/c1-5-13-8-16-14(15(2,3)4)10-17(13)9-12-6-7-20(18,19)11-12/h12-14,16H,5-11H2,1-4H3. The Kier molecular flexibility index (Phi) is 4.82. The Morgan fingerprint density at radius 3 is 2.50 bits per heavy atom. The van der Waals surface area contributed by atoms with E-state index < -0.39 is 9.84 Å². The lowest BCUT2D eigenvalue weighted by molar-refractivity contribution is 0.0728. The summed E-state index contributed by atoms with van der Waals surface area (Å²) < 4.78 is 23.3. The van der Waals surface area contributed by atoms with Crippen LogP contribution in [0, 0.1) is 11.3 Å². The summed E-state index contributed by atoms with van der Waals surface area (Å²) in [4.78, 5) is 2.54. The van der Waals surface area contributed by atoms with E-state index in [2.05, 4.69) is 37.9 Å². The fourth-order valence-corrected chi connectivity index (χ4v) is 5.26. The molecule has 2 heterocycles. The Bertz CT molecular complexity index is 428. The highest BCUT2D eigenvalue weighted by Gasteiger charge is 2.36. The van der Waals surface area contributed by atoms with Gasteiger partial charge in [0.2, 0.25) is 0 Å². The van der Waals surface area contributed by atoms with Crippen molar-refractivity contribution in [2.75, 3.05) is 31.1 Å². The molecule has 0 amide bonds. The van der Waals surface area contributed by atoms with Gasteiger partial charge in [-0.2, -0.15) is 0 Å². The van der Waals surface area contributed by atoms with Crippen LogP contribution in [0.5, 0.6) is 0 Å². The SMILES string of the molecule is CCC1CNC(C(C)(C)C)CN1CC1CCS(=O)(=O)C1. The number of sulfone groups is 1. The molecule has 118 valence electrons. The fraction of sp³-hybridized carbons (Fsp3) is 1.00. The first-order valence-corrected chi connectivity index (χ1v) is 9.71. The normalized spacial score (nSPS) is 35.3. The molecule has 0 aromatic heterocycles. The minimum absolute atomic E-state index is 0.249. The van der Waals surface area contributed by atoms with Crippen LogP contribution in [0.25, 0.3) is 0 Å². The zero-order chi connectivity index (χ0) is 15.0. The number of nitrogens with one attached hydrogen (secondary N) is 1. The third kappa shape index (κ3) is 3.95. The van der Waals surface area contributed by atoms with Crippen molar-refractivity contribution < 1.29 is 8.42 Å². The van der Waals surface area contributed by atoms with Crippen molar-refractivity contribution in [2.24, 2.45) is 11.3 Å². The van der Waals surface area contributed by atoms with Gasteiger partial charge in [0, 0.05) is 31.7 Å². The second kappa shape index (κ2) is 5.93. The van der Waals surface area contributed by atoms with E-state index in [0.717, 1.165) is 32.5 Å². The number of hydrogen-bond donors (Lipinski definition) is 1. The molecule has 4 nitrogen and oxygen atoms in total. The van der Waals surface area contributed by atoms with Gasteiger partial charge in [-0.1, -0.05) is 27.7 Å². The second-order valence-corrected chi connectivity index (χ2v) is 9.84. The summed E-state index contributed by atoms with van der Waals surface area (Å²) in [6, 6.07) is 1.04. The molecule has 0 aliphatic carbocycles. The molecule has 0 radical (unpaired) electrons. The van der Waals surface area contributed by atoms with Crippen LogP contribution in [0.3, 0.4) is 0 Å². The van der Waals surface area contributed by atoms with E-state index in [1.165, 1.54) is 0 Å². The van der Waals surface area contributed by atoms with Crippen LogP contribution in [-0.2, 0) is 9.84 Å². The van der Waals surface area contributed by atoms with Gasteiger partial charge in [0.15, 0.2) is 9.84 Å². The van der Waals surface area contributed by atoms with E-state index in [1.807, 2.05) is 0 Å².